The second-order valence-corrected chi connectivity index (χ2v) is 4.25. The molecule has 3 heterocycles. The number of aromatic nitrogens is 3. The van der Waals surface area contributed by atoms with E-state index in [9.17, 15) is 0 Å². The second kappa shape index (κ2) is 5.49. The molecular weight excluding hydrogens is 240 g/mol. The van der Waals surface area contributed by atoms with Crippen LogP contribution in [0.3, 0.4) is 0 Å². The van der Waals surface area contributed by atoms with Crippen molar-refractivity contribution in [2.75, 3.05) is 0 Å². The summed E-state index contributed by atoms with van der Waals surface area (Å²) in [4.78, 5) is 4.12. The molecule has 0 spiro atoms. The second-order valence-electron chi connectivity index (χ2n) is 4.25. The van der Waals surface area contributed by atoms with E-state index in [-0.39, 0.29) is 0 Å². The van der Waals surface area contributed by atoms with Gasteiger partial charge in [0.1, 0.15) is 0 Å². The quantitative estimate of drug-likeness (QED) is 0.733. The van der Waals surface area contributed by atoms with Gasteiger partial charge in [-0.05, 0) is 18.2 Å². The maximum absolute atomic E-state index is 5.03. The first-order valence-corrected chi connectivity index (χ1v) is 6.08. The first-order valence-electron chi connectivity index (χ1n) is 6.08. The topological polar surface area (TPSA) is 66.7 Å². The van der Waals surface area contributed by atoms with Gasteiger partial charge in [-0.1, -0.05) is 0 Å². The van der Waals surface area contributed by atoms with Crippen LogP contribution in [0.2, 0.25) is 0 Å². The van der Waals surface area contributed by atoms with E-state index in [1.807, 2.05) is 30.6 Å². The molecule has 0 unspecified atom stereocenters. The van der Waals surface area contributed by atoms with Gasteiger partial charge in [0.05, 0.1) is 24.4 Å². The normalized spacial score (nSPS) is 10.7. The fourth-order valence-electron chi connectivity index (χ4n) is 1.94. The third kappa shape index (κ3) is 2.71. The summed E-state index contributed by atoms with van der Waals surface area (Å²) in [5, 5.41) is 10.5. The summed E-state index contributed by atoms with van der Waals surface area (Å²) in [6.07, 6.45) is 8.84. The van der Waals surface area contributed by atoms with Gasteiger partial charge in [0.25, 0.3) is 0 Å². The van der Waals surface area contributed by atoms with Crippen LogP contribution < -0.4 is 5.32 Å². The van der Waals surface area contributed by atoms with Crippen molar-refractivity contribution >= 4 is 0 Å². The zero-order chi connectivity index (χ0) is 12.9. The third-order valence-corrected chi connectivity index (χ3v) is 2.89. The van der Waals surface area contributed by atoms with E-state index in [1.54, 1.807) is 18.7 Å². The number of rotatable bonds is 5. The van der Waals surface area contributed by atoms with Crippen LogP contribution in [0.1, 0.15) is 11.1 Å². The molecule has 5 heteroatoms. The van der Waals surface area contributed by atoms with Crippen molar-refractivity contribution in [3.05, 3.63) is 60.4 Å². The molecule has 3 aromatic heterocycles. The lowest BCUT2D eigenvalue weighted by Gasteiger charge is -2.04. The van der Waals surface area contributed by atoms with Crippen molar-refractivity contribution in [2.45, 2.75) is 13.1 Å². The molecule has 2 N–H and O–H groups in total. The lowest BCUT2D eigenvalue weighted by Crippen LogP contribution is -2.12. The molecular formula is C14H14N4O. The molecule has 0 aliphatic rings. The molecule has 5 nitrogen and oxygen atoms in total. The van der Waals surface area contributed by atoms with E-state index >= 15 is 0 Å². The van der Waals surface area contributed by atoms with Crippen molar-refractivity contribution in [2.24, 2.45) is 0 Å². The zero-order valence-electron chi connectivity index (χ0n) is 10.3. The highest BCUT2D eigenvalue weighted by Gasteiger charge is 2.07. The van der Waals surface area contributed by atoms with Crippen LogP contribution in [0, 0.1) is 0 Å². The van der Waals surface area contributed by atoms with Crippen molar-refractivity contribution < 1.29 is 4.42 Å². The Hall–Kier alpha value is -2.40. The number of hydrogen-bond donors (Lipinski definition) is 2. The van der Waals surface area contributed by atoms with Crippen LogP contribution in [0.5, 0.6) is 0 Å². The molecule has 0 aromatic carbocycles. The molecule has 0 saturated heterocycles. The SMILES string of the molecule is c1cncc(-c2[nH]ncc2CNCc2ccoc2)c1. The van der Waals surface area contributed by atoms with Crippen molar-refractivity contribution in [3.8, 4) is 11.3 Å². The minimum absolute atomic E-state index is 0.742. The number of pyridine rings is 1. The third-order valence-electron chi connectivity index (χ3n) is 2.89. The van der Waals surface area contributed by atoms with Crippen LogP contribution in [-0.2, 0) is 13.1 Å². The Morgan fingerprint density at radius 1 is 1.21 bits per heavy atom. The summed E-state index contributed by atoms with van der Waals surface area (Å²) in [6.45, 7) is 1.51. The number of nitrogens with zero attached hydrogens (tertiary/aromatic N) is 2. The van der Waals surface area contributed by atoms with Gasteiger partial charge in [-0.2, -0.15) is 5.10 Å². The molecule has 0 aliphatic carbocycles. The van der Waals surface area contributed by atoms with Crippen LogP contribution in [0.15, 0.2) is 53.7 Å². The zero-order valence-corrected chi connectivity index (χ0v) is 10.3. The predicted octanol–water partition coefficient (Wildman–Crippen LogP) is 2.35. The Kier molecular flexibility index (Phi) is 3.38. The van der Waals surface area contributed by atoms with Gasteiger partial charge in [-0.25, -0.2) is 0 Å². The summed E-state index contributed by atoms with van der Waals surface area (Å²) >= 11 is 0. The molecule has 0 fully saturated rings. The maximum Gasteiger partial charge on any atom is 0.0947 e. The number of H-pyrrole nitrogens is 1. The van der Waals surface area contributed by atoms with E-state index < -0.39 is 0 Å². The average molecular weight is 254 g/mol. The van der Waals surface area contributed by atoms with Gasteiger partial charge >= 0.3 is 0 Å². The highest BCUT2D eigenvalue weighted by atomic mass is 16.3. The predicted molar refractivity (Wildman–Crippen MR) is 71.1 cm³/mol. The van der Waals surface area contributed by atoms with E-state index in [0.717, 1.165) is 35.5 Å². The van der Waals surface area contributed by atoms with Crippen molar-refractivity contribution in [1.82, 2.24) is 20.5 Å². The number of furan rings is 1. The minimum atomic E-state index is 0.742. The van der Waals surface area contributed by atoms with Gasteiger partial charge in [0, 0.05) is 42.2 Å². The summed E-state index contributed by atoms with van der Waals surface area (Å²) in [6, 6.07) is 5.88. The van der Waals surface area contributed by atoms with E-state index in [1.165, 1.54) is 0 Å². The van der Waals surface area contributed by atoms with E-state index in [4.69, 9.17) is 4.42 Å². The smallest absolute Gasteiger partial charge is 0.0947 e. The Labute approximate surface area is 110 Å². The molecule has 3 rings (SSSR count). The number of hydrogen-bond acceptors (Lipinski definition) is 4. The number of aromatic amines is 1. The highest BCUT2D eigenvalue weighted by molar-refractivity contribution is 5.61. The number of nitrogens with one attached hydrogen (secondary N) is 2. The first-order chi connectivity index (χ1) is 9.43. The fraction of sp³-hybridized carbons (Fsp3) is 0.143. The monoisotopic (exact) mass is 254 g/mol. The Morgan fingerprint density at radius 3 is 3.00 bits per heavy atom. The molecule has 0 amide bonds. The van der Waals surface area contributed by atoms with Gasteiger partial charge in [0.2, 0.25) is 0 Å². The Balaban J connectivity index is 1.67. The molecule has 0 aliphatic heterocycles. The average Bonchev–Trinajstić information content (AvgIpc) is 3.11. The first kappa shape index (κ1) is 11.7. The molecule has 0 radical (unpaired) electrons. The van der Waals surface area contributed by atoms with Crippen LogP contribution >= 0.6 is 0 Å². The standard InChI is InChI=1S/C14H14N4O/c1-2-12(7-15-4-1)14-13(9-17-18-14)8-16-6-11-3-5-19-10-11/h1-5,7,9-10,16H,6,8H2,(H,17,18). The van der Waals surface area contributed by atoms with Crippen LogP contribution in [-0.4, -0.2) is 15.2 Å². The van der Waals surface area contributed by atoms with Gasteiger partial charge in [-0.3, -0.25) is 10.1 Å². The van der Waals surface area contributed by atoms with Crippen molar-refractivity contribution in [1.29, 1.82) is 0 Å². The van der Waals surface area contributed by atoms with Gasteiger partial charge < -0.3 is 9.73 Å². The lowest BCUT2D eigenvalue weighted by molar-refractivity contribution is 0.560. The molecule has 0 bridgehead atoms. The molecule has 3 aromatic rings. The highest BCUT2D eigenvalue weighted by Crippen LogP contribution is 2.19. The van der Waals surface area contributed by atoms with E-state index in [2.05, 4.69) is 20.5 Å². The largest absolute Gasteiger partial charge is 0.472 e. The maximum atomic E-state index is 5.03. The van der Waals surface area contributed by atoms with Crippen LogP contribution in [0.4, 0.5) is 0 Å². The molecule has 0 atom stereocenters. The molecule has 19 heavy (non-hydrogen) atoms. The van der Waals surface area contributed by atoms with Gasteiger partial charge in [-0.15, -0.1) is 0 Å². The van der Waals surface area contributed by atoms with E-state index in [0.29, 0.717) is 0 Å². The van der Waals surface area contributed by atoms with Crippen molar-refractivity contribution in [3.63, 3.8) is 0 Å². The summed E-state index contributed by atoms with van der Waals surface area (Å²) in [5.41, 5.74) is 4.30. The Bertz CT molecular complexity index is 616. The molecule has 0 saturated carbocycles. The summed E-state index contributed by atoms with van der Waals surface area (Å²) in [5.74, 6) is 0. The van der Waals surface area contributed by atoms with Crippen LogP contribution in [0.25, 0.3) is 11.3 Å². The molecule has 96 valence electrons. The van der Waals surface area contributed by atoms with Gasteiger partial charge in [0.15, 0.2) is 0 Å². The Morgan fingerprint density at radius 2 is 2.21 bits per heavy atom. The lowest BCUT2D eigenvalue weighted by atomic mass is 10.1. The summed E-state index contributed by atoms with van der Waals surface area (Å²) < 4.78 is 5.03. The fourth-order valence-corrected chi connectivity index (χ4v) is 1.94. The minimum Gasteiger partial charge on any atom is -0.472 e. The summed E-state index contributed by atoms with van der Waals surface area (Å²) in [7, 11) is 0.